The van der Waals surface area contributed by atoms with Gasteiger partial charge in [0, 0.05) is 23.6 Å². The minimum absolute atomic E-state index is 0.00598. The molecule has 1 aromatic carbocycles. The molecule has 2 heterocycles. The largest absolute Gasteiger partial charge is 0.329 e. The summed E-state index contributed by atoms with van der Waals surface area (Å²) >= 11 is 0. The van der Waals surface area contributed by atoms with Crippen LogP contribution in [0.2, 0.25) is 0 Å². The number of amides is 1. The molecular weight excluding hydrogens is 276 g/mol. The van der Waals surface area contributed by atoms with E-state index in [4.69, 9.17) is 0 Å². The van der Waals surface area contributed by atoms with Crippen molar-refractivity contribution in [1.82, 2.24) is 9.97 Å². The highest BCUT2D eigenvalue weighted by molar-refractivity contribution is 5.97. The lowest BCUT2D eigenvalue weighted by molar-refractivity contribution is -0.117. The molecule has 1 atom stereocenters. The van der Waals surface area contributed by atoms with Crippen LogP contribution in [0.4, 0.5) is 11.6 Å². The first-order chi connectivity index (χ1) is 10.6. The Labute approximate surface area is 130 Å². The fourth-order valence-corrected chi connectivity index (χ4v) is 2.86. The van der Waals surface area contributed by atoms with Crippen LogP contribution in [0.1, 0.15) is 24.2 Å². The van der Waals surface area contributed by atoms with E-state index in [1.165, 1.54) is 0 Å². The third-order valence-corrected chi connectivity index (χ3v) is 3.82. The van der Waals surface area contributed by atoms with E-state index in [0.717, 1.165) is 36.5 Å². The zero-order valence-corrected chi connectivity index (χ0v) is 12.9. The summed E-state index contributed by atoms with van der Waals surface area (Å²) in [5.74, 6) is 0.662. The quantitative estimate of drug-likeness (QED) is 0.946. The van der Waals surface area contributed by atoms with Gasteiger partial charge in [0.25, 0.3) is 0 Å². The average molecular weight is 296 g/mol. The number of nitrogens with one attached hydrogen (secondary N) is 1. The smallest absolute Gasteiger partial charge is 0.247 e. The normalized spacial score (nSPS) is 17.5. The lowest BCUT2D eigenvalue weighted by atomic mass is 10.2. The van der Waals surface area contributed by atoms with Crippen LogP contribution >= 0.6 is 0 Å². The molecule has 5 nitrogen and oxygen atoms in total. The van der Waals surface area contributed by atoms with Crippen molar-refractivity contribution < 1.29 is 4.79 Å². The van der Waals surface area contributed by atoms with E-state index in [1.54, 1.807) is 0 Å². The van der Waals surface area contributed by atoms with Crippen molar-refractivity contribution in [3.05, 3.63) is 47.8 Å². The molecule has 22 heavy (non-hydrogen) atoms. The van der Waals surface area contributed by atoms with E-state index >= 15 is 0 Å². The van der Waals surface area contributed by atoms with Crippen molar-refractivity contribution in [3.63, 3.8) is 0 Å². The molecule has 1 aliphatic heterocycles. The topological polar surface area (TPSA) is 58.1 Å². The van der Waals surface area contributed by atoms with Crippen molar-refractivity contribution in [2.24, 2.45) is 0 Å². The van der Waals surface area contributed by atoms with Crippen LogP contribution in [0.5, 0.6) is 0 Å². The summed E-state index contributed by atoms with van der Waals surface area (Å²) in [5, 5.41) is 2.98. The van der Waals surface area contributed by atoms with Crippen molar-refractivity contribution in [1.29, 1.82) is 0 Å². The maximum absolute atomic E-state index is 12.6. The summed E-state index contributed by atoms with van der Waals surface area (Å²) < 4.78 is 0. The van der Waals surface area contributed by atoms with Crippen LogP contribution in [0.15, 0.2) is 36.4 Å². The van der Waals surface area contributed by atoms with Crippen LogP contribution in [-0.4, -0.2) is 28.5 Å². The number of hydrogen-bond acceptors (Lipinski definition) is 4. The van der Waals surface area contributed by atoms with Crippen LogP contribution < -0.4 is 10.2 Å². The third kappa shape index (κ3) is 3.08. The Balaban J connectivity index is 1.79. The molecule has 1 saturated heterocycles. The van der Waals surface area contributed by atoms with Crippen LogP contribution in [0.25, 0.3) is 0 Å². The standard InChI is InChI=1S/C17H20N4O/c1-12-11-13(2)19-17(18-12)21-10-6-9-15(21)16(22)20-14-7-4-3-5-8-14/h3-5,7-8,11,15H,6,9-10H2,1-2H3,(H,20,22). The lowest BCUT2D eigenvalue weighted by Crippen LogP contribution is -2.40. The molecule has 0 spiro atoms. The van der Waals surface area contributed by atoms with Gasteiger partial charge in [-0.05, 0) is 44.9 Å². The van der Waals surface area contributed by atoms with Crippen LogP contribution in [-0.2, 0) is 4.79 Å². The van der Waals surface area contributed by atoms with Crippen molar-refractivity contribution in [2.75, 3.05) is 16.8 Å². The summed E-state index contributed by atoms with van der Waals surface area (Å²) in [7, 11) is 0. The van der Waals surface area contributed by atoms with Gasteiger partial charge in [0.1, 0.15) is 6.04 Å². The second-order valence-electron chi connectivity index (χ2n) is 5.66. The fourth-order valence-electron chi connectivity index (χ4n) is 2.86. The van der Waals surface area contributed by atoms with Gasteiger partial charge >= 0.3 is 0 Å². The van der Waals surface area contributed by atoms with E-state index in [0.29, 0.717) is 5.95 Å². The maximum Gasteiger partial charge on any atom is 0.247 e. The molecule has 3 rings (SSSR count). The molecular formula is C17H20N4O. The highest BCUT2D eigenvalue weighted by Gasteiger charge is 2.32. The molecule has 1 aromatic heterocycles. The fraction of sp³-hybridized carbons (Fsp3) is 0.353. The molecule has 1 amide bonds. The predicted molar refractivity (Wildman–Crippen MR) is 86.9 cm³/mol. The lowest BCUT2D eigenvalue weighted by Gasteiger charge is -2.24. The van der Waals surface area contributed by atoms with Gasteiger partial charge in [0.05, 0.1) is 0 Å². The van der Waals surface area contributed by atoms with Crippen molar-refractivity contribution >= 4 is 17.5 Å². The zero-order valence-electron chi connectivity index (χ0n) is 12.9. The summed E-state index contributed by atoms with van der Waals surface area (Å²) in [6.07, 6.45) is 1.80. The maximum atomic E-state index is 12.6. The Bertz CT molecular complexity index is 651. The molecule has 0 aliphatic carbocycles. The molecule has 1 fully saturated rings. The van der Waals surface area contributed by atoms with Gasteiger partial charge in [0.15, 0.2) is 0 Å². The second-order valence-corrected chi connectivity index (χ2v) is 5.66. The number of hydrogen-bond donors (Lipinski definition) is 1. The molecule has 0 bridgehead atoms. The minimum atomic E-state index is -0.207. The average Bonchev–Trinajstić information content (AvgIpc) is 2.97. The number of carbonyl (C=O) groups excluding carboxylic acids is 1. The molecule has 0 saturated carbocycles. The molecule has 5 heteroatoms. The highest BCUT2D eigenvalue weighted by Crippen LogP contribution is 2.24. The van der Waals surface area contributed by atoms with E-state index < -0.39 is 0 Å². The summed E-state index contributed by atoms with van der Waals surface area (Å²) in [5.41, 5.74) is 2.67. The zero-order chi connectivity index (χ0) is 15.5. The second kappa shape index (κ2) is 6.13. The van der Waals surface area contributed by atoms with Crippen molar-refractivity contribution in [3.8, 4) is 0 Å². The summed E-state index contributed by atoms with van der Waals surface area (Å²) in [4.78, 5) is 23.6. The molecule has 114 valence electrons. The van der Waals surface area contributed by atoms with E-state index in [9.17, 15) is 4.79 Å². The first kappa shape index (κ1) is 14.5. The number of benzene rings is 1. The molecule has 1 N–H and O–H groups in total. The number of carbonyl (C=O) groups is 1. The predicted octanol–water partition coefficient (Wildman–Crippen LogP) is 2.70. The number of para-hydroxylation sites is 1. The van der Waals surface area contributed by atoms with Crippen LogP contribution in [0, 0.1) is 13.8 Å². The Kier molecular flexibility index (Phi) is 4.04. The van der Waals surface area contributed by atoms with Gasteiger partial charge in [-0.25, -0.2) is 9.97 Å². The number of aromatic nitrogens is 2. The molecule has 1 unspecified atom stereocenters. The van der Waals surface area contributed by atoms with Gasteiger partial charge in [-0.3, -0.25) is 4.79 Å². The minimum Gasteiger partial charge on any atom is -0.329 e. The van der Waals surface area contributed by atoms with E-state index in [-0.39, 0.29) is 11.9 Å². The number of anilines is 2. The monoisotopic (exact) mass is 296 g/mol. The van der Waals surface area contributed by atoms with Gasteiger partial charge in [-0.1, -0.05) is 18.2 Å². The van der Waals surface area contributed by atoms with Gasteiger partial charge in [-0.2, -0.15) is 0 Å². The number of nitrogens with zero attached hydrogens (tertiary/aromatic N) is 3. The Hall–Kier alpha value is -2.43. The summed E-state index contributed by atoms with van der Waals surface area (Å²) in [6.45, 7) is 4.72. The van der Waals surface area contributed by atoms with E-state index in [2.05, 4.69) is 15.3 Å². The Morgan fingerprint density at radius 3 is 2.55 bits per heavy atom. The summed E-state index contributed by atoms with van der Waals surface area (Å²) in [6, 6.07) is 11.3. The molecule has 1 aliphatic rings. The Morgan fingerprint density at radius 2 is 1.86 bits per heavy atom. The molecule has 0 radical (unpaired) electrons. The first-order valence-electron chi connectivity index (χ1n) is 7.58. The van der Waals surface area contributed by atoms with Gasteiger partial charge in [-0.15, -0.1) is 0 Å². The third-order valence-electron chi connectivity index (χ3n) is 3.82. The molecule has 2 aromatic rings. The van der Waals surface area contributed by atoms with E-state index in [1.807, 2.05) is 55.1 Å². The Morgan fingerprint density at radius 1 is 1.18 bits per heavy atom. The van der Waals surface area contributed by atoms with Gasteiger partial charge < -0.3 is 10.2 Å². The SMILES string of the molecule is Cc1cc(C)nc(N2CCCC2C(=O)Nc2ccccc2)n1. The highest BCUT2D eigenvalue weighted by atomic mass is 16.2. The number of aryl methyl sites for hydroxylation is 2. The first-order valence-corrected chi connectivity index (χ1v) is 7.58. The van der Waals surface area contributed by atoms with Crippen LogP contribution in [0.3, 0.4) is 0 Å². The number of rotatable bonds is 3. The van der Waals surface area contributed by atoms with Gasteiger partial charge in [0.2, 0.25) is 11.9 Å². The van der Waals surface area contributed by atoms with Crippen molar-refractivity contribution in [2.45, 2.75) is 32.7 Å².